The molecule has 0 heterocycles. The molecular formula is C18H25NO3. The number of carbonyl (C=O) groups is 1. The van der Waals surface area contributed by atoms with Crippen LogP contribution in [0.3, 0.4) is 0 Å². The van der Waals surface area contributed by atoms with Gasteiger partial charge in [-0.1, -0.05) is 12.5 Å². The first kappa shape index (κ1) is 15.2. The van der Waals surface area contributed by atoms with Crippen LogP contribution in [0.4, 0.5) is 0 Å². The number of hydrogen-bond acceptors (Lipinski definition) is 3. The first-order chi connectivity index (χ1) is 10.6. The predicted molar refractivity (Wildman–Crippen MR) is 85.0 cm³/mol. The average Bonchev–Trinajstić information content (AvgIpc) is 3.17. The molecule has 0 radical (unpaired) electrons. The topological polar surface area (TPSA) is 47.6 Å². The number of nitrogens with one attached hydrogen (secondary N) is 1. The van der Waals surface area contributed by atoms with Gasteiger partial charge >= 0.3 is 0 Å². The van der Waals surface area contributed by atoms with E-state index in [0.717, 1.165) is 17.9 Å². The minimum atomic E-state index is -0.0218. The Kier molecular flexibility index (Phi) is 4.27. The number of carbonyl (C=O) groups excluding carboxylic acids is 1. The van der Waals surface area contributed by atoms with E-state index in [1.165, 1.54) is 19.3 Å². The summed E-state index contributed by atoms with van der Waals surface area (Å²) in [7, 11) is 3.25. The first-order valence-electron chi connectivity index (χ1n) is 8.14. The van der Waals surface area contributed by atoms with Crippen LogP contribution in [0.5, 0.6) is 11.5 Å². The maximum Gasteiger partial charge on any atom is 0.223 e. The van der Waals surface area contributed by atoms with Crippen molar-refractivity contribution < 1.29 is 14.3 Å². The van der Waals surface area contributed by atoms with E-state index < -0.39 is 0 Å². The first-order valence-corrected chi connectivity index (χ1v) is 8.14. The van der Waals surface area contributed by atoms with Crippen molar-refractivity contribution in [2.45, 2.75) is 38.6 Å². The van der Waals surface area contributed by atoms with Crippen molar-refractivity contribution in [3.8, 4) is 11.5 Å². The van der Waals surface area contributed by atoms with E-state index in [2.05, 4.69) is 5.32 Å². The third kappa shape index (κ3) is 2.79. The van der Waals surface area contributed by atoms with Crippen molar-refractivity contribution >= 4 is 5.91 Å². The van der Waals surface area contributed by atoms with E-state index >= 15 is 0 Å². The third-order valence-electron chi connectivity index (χ3n) is 5.34. The molecule has 4 unspecified atom stereocenters. The molecule has 0 saturated heterocycles. The van der Waals surface area contributed by atoms with Crippen LogP contribution >= 0.6 is 0 Å². The Labute approximate surface area is 132 Å². The minimum absolute atomic E-state index is 0.0218. The second-order valence-corrected chi connectivity index (χ2v) is 6.63. The zero-order valence-corrected chi connectivity index (χ0v) is 13.6. The second kappa shape index (κ2) is 6.19. The van der Waals surface area contributed by atoms with Gasteiger partial charge in [0.25, 0.3) is 0 Å². The van der Waals surface area contributed by atoms with Crippen LogP contribution < -0.4 is 14.8 Å². The standard InChI is InChI=1S/C18H25NO3/c1-11(13-6-7-16(21-2)17(10-13)22-3)19-18(20)15-9-12-4-5-14(15)8-12/h6-7,10-12,14-15H,4-5,8-9H2,1-3H3,(H,19,20). The van der Waals surface area contributed by atoms with Gasteiger partial charge in [0.05, 0.1) is 20.3 Å². The fraction of sp³-hybridized carbons (Fsp3) is 0.611. The number of benzene rings is 1. The van der Waals surface area contributed by atoms with E-state index in [9.17, 15) is 4.79 Å². The minimum Gasteiger partial charge on any atom is -0.493 e. The third-order valence-corrected chi connectivity index (χ3v) is 5.34. The van der Waals surface area contributed by atoms with Gasteiger partial charge in [-0.05, 0) is 55.7 Å². The zero-order chi connectivity index (χ0) is 15.7. The fourth-order valence-corrected chi connectivity index (χ4v) is 4.09. The molecule has 1 amide bonds. The summed E-state index contributed by atoms with van der Waals surface area (Å²) in [6.07, 6.45) is 4.88. The average molecular weight is 303 g/mol. The van der Waals surface area contributed by atoms with E-state index in [1.54, 1.807) is 14.2 Å². The van der Waals surface area contributed by atoms with Gasteiger partial charge in [-0.25, -0.2) is 0 Å². The summed E-state index contributed by atoms with van der Waals surface area (Å²) >= 11 is 0. The molecule has 3 rings (SSSR count). The van der Waals surface area contributed by atoms with Gasteiger partial charge in [-0.2, -0.15) is 0 Å². The van der Waals surface area contributed by atoms with Gasteiger partial charge in [0, 0.05) is 5.92 Å². The lowest BCUT2D eigenvalue weighted by Gasteiger charge is -2.24. The van der Waals surface area contributed by atoms with Crippen LogP contribution in [0.2, 0.25) is 0 Å². The van der Waals surface area contributed by atoms with Gasteiger partial charge in [0.15, 0.2) is 11.5 Å². The highest BCUT2D eigenvalue weighted by atomic mass is 16.5. The molecule has 0 aromatic heterocycles. The lowest BCUT2D eigenvalue weighted by Crippen LogP contribution is -2.35. The van der Waals surface area contributed by atoms with E-state index in [0.29, 0.717) is 17.4 Å². The molecule has 22 heavy (non-hydrogen) atoms. The molecule has 4 nitrogen and oxygen atoms in total. The Morgan fingerprint density at radius 3 is 2.55 bits per heavy atom. The van der Waals surface area contributed by atoms with Gasteiger partial charge in [0.1, 0.15) is 0 Å². The van der Waals surface area contributed by atoms with Crippen molar-refractivity contribution in [3.05, 3.63) is 23.8 Å². The Morgan fingerprint density at radius 1 is 1.18 bits per heavy atom. The van der Waals surface area contributed by atoms with Crippen molar-refractivity contribution in [1.82, 2.24) is 5.32 Å². The Hall–Kier alpha value is -1.71. The molecule has 4 atom stereocenters. The Balaban J connectivity index is 1.66. The molecule has 2 saturated carbocycles. The van der Waals surface area contributed by atoms with Crippen molar-refractivity contribution in [3.63, 3.8) is 0 Å². The summed E-state index contributed by atoms with van der Waals surface area (Å²) in [5.41, 5.74) is 1.04. The predicted octanol–water partition coefficient (Wildman–Crippen LogP) is 3.32. The number of amides is 1. The number of methoxy groups -OCH3 is 2. The zero-order valence-electron chi connectivity index (χ0n) is 13.6. The summed E-state index contributed by atoms with van der Waals surface area (Å²) < 4.78 is 10.6. The summed E-state index contributed by atoms with van der Waals surface area (Å²) in [6, 6.07) is 5.78. The van der Waals surface area contributed by atoms with Crippen LogP contribution in [0.1, 0.15) is 44.2 Å². The lowest BCUT2D eigenvalue weighted by molar-refractivity contribution is -0.127. The summed E-state index contributed by atoms with van der Waals surface area (Å²) in [5, 5.41) is 3.18. The molecule has 0 aliphatic heterocycles. The van der Waals surface area contributed by atoms with E-state index in [1.807, 2.05) is 25.1 Å². The highest BCUT2D eigenvalue weighted by Gasteiger charge is 2.43. The van der Waals surface area contributed by atoms with Crippen molar-refractivity contribution in [2.75, 3.05) is 14.2 Å². The number of fused-ring (bicyclic) bond motifs is 2. The quantitative estimate of drug-likeness (QED) is 0.907. The maximum absolute atomic E-state index is 12.5. The summed E-state index contributed by atoms with van der Waals surface area (Å²) in [4.78, 5) is 12.5. The van der Waals surface area contributed by atoms with Crippen LogP contribution in [-0.4, -0.2) is 20.1 Å². The van der Waals surface area contributed by atoms with Gasteiger partial charge in [-0.15, -0.1) is 0 Å². The Morgan fingerprint density at radius 2 is 1.95 bits per heavy atom. The SMILES string of the molecule is COc1ccc(C(C)NC(=O)C2CC3CCC2C3)cc1OC. The monoisotopic (exact) mass is 303 g/mol. The van der Waals surface area contributed by atoms with Crippen molar-refractivity contribution in [2.24, 2.45) is 17.8 Å². The molecule has 1 aromatic rings. The smallest absolute Gasteiger partial charge is 0.223 e. The second-order valence-electron chi connectivity index (χ2n) is 6.63. The molecule has 2 bridgehead atoms. The van der Waals surface area contributed by atoms with Crippen LogP contribution in [0.15, 0.2) is 18.2 Å². The van der Waals surface area contributed by atoms with Gasteiger partial charge < -0.3 is 14.8 Å². The molecule has 120 valence electrons. The van der Waals surface area contributed by atoms with Crippen LogP contribution in [0.25, 0.3) is 0 Å². The number of hydrogen-bond donors (Lipinski definition) is 1. The van der Waals surface area contributed by atoms with Gasteiger partial charge in [-0.3, -0.25) is 4.79 Å². The summed E-state index contributed by atoms with van der Waals surface area (Å²) in [5.74, 6) is 3.24. The number of rotatable bonds is 5. The van der Waals surface area contributed by atoms with Crippen LogP contribution in [-0.2, 0) is 4.79 Å². The van der Waals surface area contributed by atoms with Crippen LogP contribution in [0, 0.1) is 17.8 Å². The molecule has 1 aromatic carbocycles. The molecular weight excluding hydrogens is 278 g/mol. The fourth-order valence-electron chi connectivity index (χ4n) is 4.09. The Bertz CT molecular complexity index is 557. The lowest BCUT2D eigenvalue weighted by atomic mass is 9.88. The molecule has 2 aliphatic carbocycles. The molecule has 4 heteroatoms. The van der Waals surface area contributed by atoms with E-state index in [-0.39, 0.29) is 17.9 Å². The molecule has 0 spiro atoms. The normalized spacial score (nSPS) is 27.5. The maximum atomic E-state index is 12.5. The molecule has 2 fully saturated rings. The highest BCUT2D eigenvalue weighted by Crippen LogP contribution is 2.48. The highest BCUT2D eigenvalue weighted by molar-refractivity contribution is 5.80. The summed E-state index contributed by atoms with van der Waals surface area (Å²) in [6.45, 7) is 2.02. The van der Waals surface area contributed by atoms with Gasteiger partial charge in [0.2, 0.25) is 5.91 Å². The molecule has 2 aliphatic rings. The molecule has 1 N–H and O–H groups in total. The largest absolute Gasteiger partial charge is 0.493 e. The van der Waals surface area contributed by atoms with Crippen molar-refractivity contribution in [1.29, 1.82) is 0 Å². The van der Waals surface area contributed by atoms with E-state index in [4.69, 9.17) is 9.47 Å². The number of ether oxygens (including phenoxy) is 2.